The van der Waals surface area contributed by atoms with Gasteiger partial charge < -0.3 is 4.90 Å². The Kier molecular flexibility index (Phi) is 5.12. The van der Waals surface area contributed by atoms with Crippen LogP contribution in [0.5, 0.6) is 0 Å². The van der Waals surface area contributed by atoms with E-state index in [-0.39, 0.29) is 12.2 Å². The third-order valence-corrected chi connectivity index (χ3v) is 7.65. The summed E-state index contributed by atoms with van der Waals surface area (Å²) >= 11 is 0. The van der Waals surface area contributed by atoms with Crippen LogP contribution < -0.4 is 4.90 Å². The fourth-order valence-corrected chi connectivity index (χ4v) is 5.34. The predicted molar refractivity (Wildman–Crippen MR) is 132 cm³/mol. The van der Waals surface area contributed by atoms with Crippen molar-refractivity contribution in [1.82, 2.24) is 25.0 Å². The van der Waals surface area contributed by atoms with Crippen molar-refractivity contribution in [3.63, 3.8) is 0 Å². The largest absolute Gasteiger partial charge is 0.357 e. The molecule has 2 fully saturated rings. The highest BCUT2D eigenvalue weighted by Gasteiger charge is 2.39. The Morgan fingerprint density at radius 2 is 1.85 bits per heavy atom. The highest BCUT2D eigenvalue weighted by atomic mass is 16.1. The Labute approximate surface area is 198 Å². The number of benzene rings is 1. The van der Waals surface area contributed by atoms with Gasteiger partial charge in [0.25, 0.3) is 0 Å². The summed E-state index contributed by atoms with van der Waals surface area (Å²) in [6.07, 6.45) is 12.4. The first kappa shape index (κ1) is 21.0. The Morgan fingerprint density at radius 3 is 2.59 bits per heavy atom. The van der Waals surface area contributed by atoms with Crippen molar-refractivity contribution in [3.05, 3.63) is 66.2 Å². The lowest BCUT2D eigenvalue weighted by Crippen LogP contribution is -2.43. The molecule has 1 saturated heterocycles. The number of carbonyl (C=O) groups is 1. The maximum absolute atomic E-state index is 13.1. The topological polar surface area (TPSA) is 76.8 Å². The Morgan fingerprint density at radius 1 is 1.00 bits per heavy atom. The molecular formula is C27H28N6O. The lowest BCUT2D eigenvalue weighted by molar-refractivity contribution is 0.0951. The molecule has 1 aromatic carbocycles. The van der Waals surface area contributed by atoms with E-state index in [1.165, 1.54) is 32.1 Å². The lowest BCUT2D eigenvalue weighted by atomic mass is 9.63. The first-order chi connectivity index (χ1) is 16.6. The fraction of sp³-hybridized carbons (Fsp3) is 0.370. The number of nitrogens with zero attached hydrogens (tertiary/aromatic N) is 6. The number of hydrogen-bond acceptors (Lipinski definition) is 6. The highest BCUT2D eigenvalue weighted by molar-refractivity contribution is 5.98. The molecule has 1 saturated carbocycles. The van der Waals surface area contributed by atoms with Gasteiger partial charge in [0, 0.05) is 54.7 Å². The van der Waals surface area contributed by atoms with Crippen LogP contribution >= 0.6 is 0 Å². The first-order valence-corrected chi connectivity index (χ1v) is 12.1. The minimum absolute atomic E-state index is 0.0630. The summed E-state index contributed by atoms with van der Waals surface area (Å²) in [5, 5.41) is 10.3. The van der Waals surface area contributed by atoms with Crippen LogP contribution in [0.4, 0.5) is 5.82 Å². The summed E-state index contributed by atoms with van der Waals surface area (Å²) in [4.78, 5) is 24.6. The molecule has 2 aliphatic rings. The van der Waals surface area contributed by atoms with E-state index in [4.69, 9.17) is 0 Å². The molecular weight excluding hydrogens is 424 g/mol. The molecule has 0 N–H and O–H groups in total. The molecule has 0 radical (unpaired) electrons. The molecule has 4 heterocycles. The van der Waals surface area contributed by atoms with Crippen LogP contribution in [0.3, 0.4) is 0 Å². The average molecular weight is 453 g/mol. The quantitative estimate of drug-likeness (QED) is 0.411. The zero-order valence-electron chi connectivity index (χ0n) is 19.4. The van der Waals surface area contributed by atoms with Gasteiger partial charge in [-0.25, -0.2) is 4.98 Å². The van der Waals surface area contributed by atoms with E-state index in [0.29, 0.717) is 11.0 Å². The summed E-state index contributed by atoms with van der Waals surface area (Å²) in [7, 11) is 1.85. The molecule has 172 valence electrons. The van der Waals surface area contributed by atoms with Gasteiger partial charge in [-0.1, -0.05) is 23.8 Å². The van der Waals surface area contributed by atoms with Crippen LogP contribution in [-0.4, -0.2) is 43.8 Å². The number of anilines is 1. The summed E-state index contributed by atoms with van der Waals surface area (Å²) in [5.41, 5.74) is 3.87. The molecule has 0 atom stereocenters. The minimum atomic E-state index is 0.0630. The maximum Gasteiger partial charge on any atom is 0.169 e. The molecule has 0 unspecified atom stereocenters. The summed E-state index contributed by atoms with van der Waals surface area (Å²) in [6.45, 7) is 2.07. The number of rotatable bonds is 5. The van der Waals surface area contributed by atoms with Gasteiger partial charge in [-0.2, -0.15) is 0 Å². The van der Waals surface area contributed by atoms with E-state index in [1.807, 2.05) is 49.8 Å². The summed E-state index contributed by atoms with van der Waals surface area (Å²) in [5.74, 6) is 0.980. The molecule has 0 amide bonds. The van der Waals surface area contributed by atoms with Crippen molar-refractivity contribution in [2.45, 2.75) is 38.5 Å². The van der Waals surface area contributed by atoms with Gasteiger partial charge in [-0.3, -0.25) is 14.5 Å². The zero-order valence-corrected chi connectivity index (χ0v) is 19.4. The van der Waals surface area contributed by atoms with Gasteiger partial charge in [0.2, 0.25) is 0 Å². The van der Waals surface area contributed by atoms with E-state index in [2.05, 4.69) is 31.2 Å². The molecule has 0 bridgehead atoms. The fourth-order valence-electron chi connectivity index (χ4n) is 5.34. The van der Waals surface area contributed by atoms with E-state index in [1.54, 1.807) is 10.9 Å². The Balaban J connectivity index is 1.19. The molecule has 4 aromatic rings. The summed E-state index contributed by atoms with van der Waals surface area (Å²) in [6, 6.07) is 11.9. The van der Waals surface area contributed by atoms with Gasteiger partial charge in [-0.05, 0) is 60.7 Å². The standard InChI is InChI=1S/C27H28N6O/c1-32-18-24(30-31-32)19-3-4-21-17-29-23(14-22(21)13-19)16-25(34)20-5-10-28-26(15-20)33-11-8-27(9-12-33)6-2-7-27/h3-5,10,13-15,17-18H,2,6-9,11-12,16H2,1H3. The number of piperidine rings is 1. The number of carbonyl (C=O) groups excluding carboxylic acids is 1. The van der Waals surface area contributed by atoms with Crippen molar-refractivity contribution in [2.75, 3.05) is 18.0 Å². The van der Waals surface area contributed by atoms with Gasteiger partial charge in [-0.15, -0.1) is 5.10 Å². The minimum Gasteiger partial charge on any atom is -0.357 e. The molecule has 7 heteroatoms. The number of Topliss-reactive ketones (excluding diaryl/α,β-unsaturated/α-hetero) is 1. The van der Waals surface area contributed by atoms with E-state index < -0.39 is 0 Å². The Hall–Kier alpha value is -3.61. The third-order valence-electron chi connectivity index (χ3n) is 7.65. The molecule has 1 aliphatic carbocycles. The van der Waals surface area contributed by atoms with Crippen molar-refractivity contribution < 1.29 is 4.79 Å². The average Bonchev–Trinajstić information content (AvgIpc) is 3.29. The van der Waals surface area contributed by atoms with Crippen molar-refractivity contribution >= 4 is 22.4 Å². The zero-order chi connectivity index (χ0) is 23.1. The van der Waals surface area contributed by atoms with Crippen LogP contribution in [0.15, 0.2) is 55.0 Å². The van der Waals surface area contributed by atoms with Crippen LogP contribution in [-0.2, 0) is 13.5 Å². The van der Waals surface area contributed by atoms with E-state index in [9.17, 15) is 4.79 Å². The molecule has 34 heavy (non-hydrogen) atoms. The monoisotopic (exact) mass is 452 g/mol. The highest BCUT2D eigenvalue weighted by Crippen LogP contribution is 2.49. The maximum atomic E-state index is 13.1. The van der Waals surface area contributed by atoms with Crippen LogP contribution in [0.25, 0.3) is 22.0 Å². The van der Waals surface area contributed by atoms with Gasteiger partial charge in [0.1, 0.15) is 11.5 Å². The molecule has 1 aliphatic heterocycles. The molecule has 7 nitrogen and oxygen atoms in total. The van der Waals surface area contributed by atoms with Crippen LogP contribution in [0.1, 0.15) is 48.2 Å². The number of hydrogen-bond donors (Lipinski definition) is 0. The second-order valence-corrected chi connectivity index (χ2v) is 9.86. The van der Waals surface area contributed by atoms with E-state index in [0.717, 1.165) is 46.6 Å². The second kappa shape index (κ2) is 8.31. The second-order valence-electron chi connectivity index (χ2n) is 9.86. The molecule has 1 spiro atoms. The third kappa shape index (κ3) is 3.95. The number of pyridine rings is 2. The SMILES string of the molecule is Cn1cc(-c2ccc3cnc(CC(=O)c4ccnc(N5CCC6(CCC6)CC5)c4)cc3c2)nn1. The van der Waals surface area contributed by atoms with Crippen molar-refractivity contribution in [3.8, 4) is 11.3 Å². The van der Waals surface area contributed by atoms with Gasteiger partial charge in [0.15, 0.2) is 5.78 Å². The smallest absolute Gasteiger partial charge is 0.169 e. The number of aryl methyl sites for hydroxylation is 1. The first-order valence-electron chi connectivity index (χ1n) is 12.1. The van der Waals surface area contributed by atoms with Gasteiger partial charge in [0.05, 0.1) is 12.6 Å². The summed E-state index contributed by atoms with van der Waals surface area (Å²) < 4.78 is 1.69. The predicted octanol–water partition coefficient (Wildman–Crippen LogP) is 4.62. The van der Waals surface area contributed by atoms with Crippen molar-refractivity contribution in [2.24, 2.45) is 12.5 Å². The van der Waals surface area contributed by atoms with Gasteiger partial charge >= 0.3 is 0 Å². The number of fused-ring (bicyclic) bond motifs is 1. The lowest BCUT2D eigenvalue weighted by Gasteiger charge is -2.48. The van der Waals surface area contributed by atoms with Crippen molar-refractivity contribution in [1.29, 1.82) is 0 Å². The van der Waals surface area contributed by atoms with Crippen LogP contribution in [0, 0.1) is 5.41 Å². The van der Waals surface area contributed by atoms with Crippen LogP contribution in [0.2, 0.25) is 0 Å². The Bertz CT molecular complexity index is 1360. The normalized spacial score (nSPS) is 17.1. The molecule has 3 aromatic heterocycles. The number of ketones is 1. The number of aromatic nitrogens is 5. The van der Waals surface area contributed by atoms with E-state index >= 15 is 0 Å². The molecule has 6 rings (SSSR count).